The molecule has 0 amide bonds. The second kappa shape index (κ2) is 20.9. The fourth-order valence-corrected chi connectivity index (χ4v) is 9.60. The summed E-state index contributed by atoms with van der Waals surface area (Å²) in [6.45, 7) is 11.3. The van der Waals surface area contributed by atoms with Gasteiger partial charge in [0.1, 0.15) is 0 Å². The maximum Gasteiger partial charge on any atom is 0.0462 e. The molecule has 0 N–H and O–H groups in total. The molecule has 0 aromatic heterocycles. The SMILES string of the molecule is CCCCCCCCC1(CCCCCCCC)c2cc(C)ccc2-c2ccc(-c3ccc(N(c4ccc(C)cc4)c4ccc(/C=C/c5ccc(CC)cc5)cc4)cc3)cc21. The average Bonchev–Trinajstić information content (AvgIpc) is 3.54. The Morgan fingerprint density at radius 2 is 0.850 bits per heavy atom. The summed E-state index contributed by atoms with van der Waals surface area (Å²) in [5.74, 6) is 0. The Kier molecular flexibility index (Phi) is 15.0. The van der Waals surface area contributed by atoms with Gasteiger partial charge in [-0.15, -0.1) is 0 Å². The van der Waals surface area contributed by atoms with Crippen LogP contribution in [0.2, 0.25) is 0 Å². The summed E-state index contributed by atoms with van der Waals surface area (Å²) in [6.07, 6.45) is 24.0. The van der Waals surface area contributed by atoms with Crippen molar-refractivity contribution in [3.63, 3.8) is 0 Å². The molecule has 0 aliphatic heterocycles. The van der Waals surface area contributed by atoms with Gasteiger partial charge in [-0.1, -0.05) is 212 Å². The van der Waals surface area contributed by atoms with E-state index < -0.39 is 0 Å². The van der Waals surface area contributed by atoms with E-state index in [1.54, 1.807) is 11.1 Å². The monoisotopic (exact) mass is 792 g/mol. The molecule has 6 aromatic carbocycles. The smallest absolute Gasteiger partial charge is 0.0462 e. The van der Waals surface area contributed by atoms with E-state index in [0.29, 0.717) is 0 Å². The van der Waals surface area contributed by atoms with Crippen molar-refractivity contribution in [2.24, 2.45) is 0 Å². The van der Waals surface area contributed by atoms with Crippen LogP contribution in [0.1, 0.15) is 150 Å². The first-order valence-corrected chi connectivity index (χ1v) is 23.5. The minimum Gasteiger partial charge on any atom is -0.311 e. The number of aryl methyl sites for hydroxylation is 3. The predicted molar refractivity (Wildman–Crippen MR) is 263 cm³/mol. The molecule has 0 saturated heterocycles. The van der Waals surface area contributed by atoms with Crippen LogP contribution in [0.4, 0.5) is 17.1 Å². The highest BCUT2D eigenvalue weighted by atomic mass is 15.1. The molecule has 7 rings (SSSR count). The molecule has 0 radical (unpaired) electrons. The quantitative estimate of drug-likeness (QED) is 0.0518. The zero-order valence-electron chi connectivity index (χ0n) is 37.4. The lowest BCUT2D eigenvalue weighted by atomic mass is 9.70. The molecule has 6 aromatic rings. The number of hydrogen-bond donors (Lipinski definition) is 0. The number of nitrogens with zero attached hydrogens (tertiary/aromatic N) is 1. The van der Waals surface area contributed by atoms with Crippen molar-refractivity contribution < 1.29 is 0 Å². The Hall–Kier alpha value is -5.14. The van der Waals surface area contributed by atoms with E-state index in [9.17, 15) is 0 Å². The highest BCUT2D eigenvalue weighted by Crippen LogP contribution is 2.55. The minimum absolute atomic E-state index is 0.0748. The summed E-state index contributed by atoms with van der Waals surface area (Å²) in [6, 6.07) is 50.8. The van der Waals surface area contributed by atoms with E-state index in [-0.39, 0.29) is 5.41 Å². The molecule has 1 nitrogen and oxygen atoms in total. The molecule has 310 valence electrons. The van der Waals surface area contributed by atoms with Crippen LogP contribution >= 0.6 is 0 Å². The van der Waals surface area contributed by atoms with Gasteiger partial charge in [0.25, 0.3) is 0 Å². The van der Waals surface area contributed by atoms with E-state index in [1.165, 1.54) is 140 Å². The number of hydrogen-bond acceptors (Lipinski definition) is 1. The molecule has 0 bridgehead atoms. The maximum absolute atomic E-state index is 2.59. The molecule has 0 saturated carbocycles. The summed E-state index contributed by atoms with van der Waals surface area (Å²) in [5, 5.41) is 0. The Morgan fingerprint density at radius 1 is 0.417 bits per heavy atom. The Balaban J connectivity index is 1.19. The van der Waals surface area contributed by atoms with Crippen molar-refractivity contribution in [1.82, 2.24) is 0 Å². The highest BCUT2D eigenvalue weighted by Gasteiger charge is 2.42. The van der Waals surface area contributed by atoms with Crippen LogP contribution in [0.15, 0.2) is 133 Å². The number of rotatable bonds is 21. The second-order valence-electron chi connectivity index (χ2n) is 17.7. The van der Waals surface area contributed by atoms with Crippen LogP contribution in [0.5, 0.6) is 0 Å². The van der Waals surface area contributed by atoms with Gasteiger partial charge in [-0.3, -0.25) is 0 Å². The first-order chi connectivity index (χ1) is 29.4. The van der Waals surface area contributed by atoms with Gasteiger partial charge in [0.05, 0.1) is 0 Å². The van der Waals surface area contributed by atoms with Crippen molar-refractivity contribution in [3.8, 4) is 22.3 Å². The van der Waals surface area contributed by atoms with Gasteiger partial charge in [0.2, 0.25) is 0 Å². The van der Waals surface area contributed by atoms with E-state index in [1.807, 2.05) is 0 Å². The molecule has 1 heteroatoms. The fourth-order valence-electron chi connectivity index (χ4n) is 9.60. The second-order valence-corrected chi connectivity index (χ2v) is 17.7. The van der Waals surface area contributed by atoms with Crippen LogP contribution in [0.25, 0.3) is 34.4 Å². The van der Waals surface area contributed by atoms with Crippen molar-refractivity contribution in [2.75, 3.05) is 4.90 Å². The van der Waals surface area contributed by atoms with Crippen LogP contribution in [-0.2, 0) is 11.8 Å². The molecular formula is C59H69N. The van der Waals surface area contributed by atoms with Crippen molar-refractivity contribution in [3.05, 3.63) is 172 Å². The predicted octanol–water partition coefficient (Wildman–Crippen LogP) is 17.9. The van der Waals surface area contributed by atoms with Crippen molar-refractivity contribution >= 4 is 29.2 Å². The summed E-state index contributed by atoms with van der Waals surface area (Å²) >= 11 is 0. The van der Waals surface area contributed by atoms with Gasteiger partial charge in [-0.2, -0.15) is 0 Å². The molecule has 1 aliphatic rings. The van der Waals surface area contributed by atoms with Crippen LogP contribution in [0, 0.1) is 13.8 Å². The zero-order chi connectivity index (χ0) is 41.7. The van der Waals surface area contributed by atoms with Crippen LogP contribution in [0.3, 0.4) is 0 Å². The third-order valence-corrected chi connectivity index (χ3v) is 13.2. The van der Waals surface area contributed by atoms with E-state index in [0.717, 1.165) is 23.5 Å². The Labute approximate surface area is 363 Å². The largest absolute Gasteiger partial charge is 0.311 e. The van der Waals surface area contributed by atoms with Crippen LogP contribution < -0.4 is 4.90 Å². The lowest BCUT2D eigenvalue weighted by Gasteiger charge is -2.33. The van der Waals surface area contributed by atoms with Gasteiger partial charge in [0, 0.05) is 22.5 Å². The molecule has 0 fully saturated rings. The van der Waals surface area contributed by atoms with E-state index >= 15 is 0 Å². The Morgan fingerprint density at radius 3 is 1.40 bits per heavy atom. The van der Waals surface area contributed by atoms with Gasteiger partial charge >= 0.3 is 0 Å². The molecule has 0 spiro atoms. The van der Waals surface area contributed by atoms with Gasteiger partial charge in [0.15, 0.2) is 0 Å². The topological polar surface area (TPSA) is 3.24 Å². The fraction of sp³-hybridized carbons (Fsp3) is 0.356. The summed E-state index contributed by atoms with van der Waals surface area (Å²) in [7, 11) is 0. The van der Waals surface area contributed by atoms with E-state index in [4.69, 9.17) is 0 Å². The molecule has 0 atom stereocenters. The minimum atomic E-state index is 0.0748. The maximum atomic E-state index is 2.59. The molecule has 1 aliphatic carbocycles. The summed E-state index contributed by atoms with van der Waals surface area (Å²) < 4.78 is 0. The number of benzene rings is 6. The van der Waals surface area contributed by atoms with E-state index in [2.05, 4.69) is 185 Å². The average molecular weight is 792 g/mol. The van der Waals surface area contributed by atoms with Gasteiger partial charge < -0.3 is 4.90 Å². The van der Waals surface area contributed by atoms with Crippen LogP contribution in [-0.4, -0.2) is 0 Å². The lowest BCUT2D eigenvalue weighted by molar-refractivity contribution is 0.398. The first-order valence-electron chi connectivity index (χ1n) is 23.5. The normalized spacial score (nSPS) is 12.8. The Bertz CT molecular complexity index is 2260. The van der Waals surface area contributed by atoms with Gasteiger partial charge in [-0.05, 0) is 126 Å². The molecular weight excluding hydrogens is 723 g/mol. The standard InChI is InChI=1S/C59H69N/c1-6-9-11-13-15-17-41-59(42-18-16-14-12-10-7-2)57-43-46(5)21-39-55(57)56-40-32-51(44-58(56)59)50-30-37-54(38-31-50)60(52-33-19-45(4)20-34-52)53-35-28-49(29-36-53)27-26-48-24-22-47(8-3)23-25-48/h19-40,43-44H,6-18,41-42H2,1-5H3/b27-26+. The molecule has 0 unspecified atom stereocenters. The van der Waals surface area contributed by atoms with Gasteiger partial charge in [-0.25, -0.2) is 0 Å². The lowest BCUT2D eigenvalue weighted by Crippen LogP contribution is -2.25. The number of fused-ring (bicyclic) bond motifs is 3. The number of anilines is 3. The third-order valence-electron chi connectivity index (χ3n) is 13.2. The van der Waals surface area contributed by atoms with Crippen molar-refractivity contribution in [1.29, 1.82) is 0 Å². The summed E-state index contributed by atoms with van der Waals surface area (Å²) in [5.41, 5.74) is 18.7. The molecule has 60 heavy (non-hydrogen) atoms. The molecule has 0 heterocycles. The highest BCUT2D eigenvalue weighted by molar-refractivity contribution is 5.85. The third kappa shape index (κ3) is 10.2. The number of unbranched alkanes of at least 4 members (excludes halogenated alkanes) is 10. The summed E-state index contributed by atoms with van der Waals surface area (Å²) in [4.78, 5) is 2.38. The van der Waals surface area contributed by atoms with Crippen molar-refractivity contribution in [2.45, 2.75) is 136 Å². The first kappa shape index (κ1) is 43.0. The zero-order valence-corrected chi connectivity index (χ0v) is 37.4.